The summed E-state index contributed by atoms with van der Waals surface area (Å²) in [6.45, 7) is -0.233. The highest BCUT2D eigenvalue weighted by molar-refractivity contribution is 7.12. The number of aliphatic hydroxyl groups excluding tert-OH is 1. The fourth-order valence-corrected chi connectivity index (χ4v) is 2.39. The van der Waals surface area contributed by atoms with Crippen LogP contribution in [-0.2, 0) is 0 Å². The van der Waals surface area contributed by atoms with E-state index in [0.717, 1.165) is 0 Å². The molecule has 0 aliphatic heterocycles. The number of hydrogen-bond donors (Lipinski definition) is 2. The van der Waals surface area contributed by atoms with Gasteiger partial charge in [0.05, 0.1) is 12.8 Å². The lowest BCUT2D eigenvalue weighted by Gasteiger charge is -2.09. The van der Waals surface area contributed by atoms with E-state index in [1.165, 1.54) is 11.3 Å². The number of para-hydroxylation sites is 2. The zero-order valence-corrected chi connectivity index (χ0v) is 11.7. The molecule has 0 saturated carbocycles. The molecule has 0 spiro atoms. The topological polar surface area (TPSA) is 58.6 Å². The zero-order chi connectivity index (χ0) is 14.4. The normalized spacial score (nSPS) is 9.50. The van der Waals surface area contributed by atoms with Crippen molar-refractivity contribution in [2.75, 3.05) is 19.0 Å². The second-order valence-corrected chi connectivity index (χ2v) is 4.69. The van der Waals surface area contributed by atoms with E-state index >= 15 is 0 Å². The predicted molar refractivity (Wildman–Crippen MR) is 79.2 cm³/mol. The molecule has 2 aromatic rings. The third kappa shape index (κ3) is 3.18. The van der Waals surface area contributed by atoms with Gasteiger partial charge in [-0.25, -0.2) is 0 Å². The van der Waals surface area contributed by atoms with Crippen LogP contribution >= 0.6 is 11.3 Å². The lowest BCUT2D eigenvalue weighted by molar-refractivity contribution is 0.103. The SMILES string of the molecule is COc1ccccc1NC(=O)c1sccc1C#CCO. The van der Waals surface area contributed by atoms with Crippen LogP contribution in [0.4, 0.5) is 5.69 Å². The van der Waals surface area contributed by atoms with Gasteiger partial charge in [-0.05, 0) is 23.6 Å². The Morgan fingerprint density at radius 2 is 2.20 bits per heavy atom. The number of rotatable bonds is 3. The van der Waals surface area contributed by atoms with Crippen molar-refractivity contribution < 1.29 is 14.6 Å². The minimum atomic E-state index is -0.244. The number of carbonyl (C=O) groups excluding carboxylic acids is 1. The van der Waals surface area contributed by atoms with Crippen LogP contribution in [0, 0.1) is 11.8 Å². The molecular weight excluding hydrogens is 274 g/mol. The van der Waals surface area contributed by atoms with Gasteiger partial charge in [-0.1, -0.05) is 24.0 Å². The molecule has 0 fully saturated rings. The number of benzene rings is 1. The van der Waals surface area contributed by atoms with Crippen molar-refractivity contribution in [1.82, 2.24) is 0 Å². The van der Waals surface area contributed by atoms with Gasteiger partial charge in [0.2, 0.25) is 0 Å². The molecule has 102 valence electrons. The Balaban J connectivity index is 2.22. The lowest BCUT2D eigenvalue weighted by atomic mass is 10.2. The maximum Gasteiger partial charge on any atom is 0.267 e. The van der Waals surface area contributed by atoms with Crippen LogP contribution in [0.15, 0.2) is 35.7 Å². The third-order valence-corrected chi connectivity index (χ3v) is 3.44. The van der Waals surface area contributed by atoms with Crippen molar-refractivity contribution in [1.29, 1.82) is 0 Å². The molecule has 20 heavy (non-hydrogen) atoms. The molecule has 0 aliphatic rings. The van der Waals surface area contributed by atoms with Gasteiger partial charge in [-0.3, -0.25) is 4.79 Å². The summed E-state index contributed by atoms with van der Waals surface area (Å²) in [5, 5.41) is 13.3. The molecule has 1 heterocycles. The standard InChI is InChI=1S/C15H13NO3S/c1-19-13-7-3-2-6-12(13)16-15(18)14-11(5-4-9-17)8-10-20-14/h2-3,6-8,10,17H,9H2,1H3,(H,16,18). The number of aliphatic hydroxyl groups is 1. The number of methoxy groups -OCH3 is 1. The Kier molecular flexibility index (Phi) is 4.77. The Bertz CT molecular complexity index is 667. The van der Waals surface area contributed by atoms with Crippen LogP contribution in [0.3, 0.4) is 0 Å². The van der Waals surface area contributed by atoms with Crippen molar-refractivity contribution in [2.45, 2.75) is 0 Å². The molecule has 2 rings (SSSR count). The van der Waals surface area contributed by atoms with Crippen molar-refractivity contribution in [3.63, 3.8) is 0 Å². The first kappa shape index (κ1) is 14.1. The molecule has 2 N–H and O–H groups in total. The maximum atomic E-state index is 12.2. The largest absolute Gasteiger partial charge is 0.495 e. The fourth-order valence-electron chi connectivity index (χ4n) is 1.65. The quantitative estimate of drug-likeness (QED) is 0.852. The van der Waals surface area contributed by atoms with Gasteiger partial charge in [0.15, 0.2) is 0 Å². The van der Waals surface area contributed by atoms with Crippen molar-refractivity contribution in [3.05, 3.63) is 46.2 Å². The first-order chi connectivity index (χ1) is 9.76. The summed E-state index contributed by atoms with van der Waals surface area (Å²) in [6.07, 6.45) is 0. The molecule has 4 nitrogen and oxygen atoms in total. The first-order valence-corrected chi connectivity index (χ1v) is 6.76. The van der Waals surface area contributed by atoms with Crippen LogP contribution in [0.25, 0.3) is 0 Å². The second kappa shape index (κ2) is 6.75. The van der Waals surface area contributed by atoms with Crippen molar-refractivity contribution in [3.8, 4) is 17.6 Å². The molecule has 0 bridgehead atoms. The van der Waals surface area contributed by atoms with E-state index in [2.05, 4.69) is 17.2 Å². The lowest BCUT2D eigenvalue weighted by Crippen LogP contribution is -2.12. The van der Waals surface area contributed by atoms with Gasteiger partial charge in [0, 0.05) is 5.56 Å². The molecule has 1 aromatic carbocycles. The van der Waals surface area contributed by atoms with E-state index in [0.29, 0.717) is 21.9 Å². The minimum absolute atomic E-state index is 0.233. The first-order valence-electron chi connectivity index (χ1n) is 5.88. The van der Waals surface area contributed by atoms with Gasteiger partial charge >= 0.3 is 0 Å². The fraction of sp³-hybridized carbons (Fsp3) is 0.133. The number of amides is 1. The summed E-state index contributed by atoms with van der Waals surface area (Å²) < 4.78 is 5.19. The van der Waals surface area contributed by atoms with Crippen LogP contribution in [-0.4, -0.2) is 24.7 Å². The van der Waals surface area contributed by atoms with Crippen molar-refractivity contribution >= 4 is 22.9 Å². The number of anilines is 1. The number of ether oxygens (including phenoxy) is 1. The molecule has 0 radical (unpaired) electrons. The molecule has 0 aliphatic carbocycles. The summed E-state index contributed by atoms with van der Waals surface area (Å²) in [7, 11) is 1.55. The third-order valence-electron chi connectivity index (χ3n) is 2.53. The van der Waals surface area contributed by atoms with Gasteiger partial charge < -0.3 is 15.2 Å². The van der Waals surface area contributed by atoms with Gasteiger partial charge in [0.25, 0.3) is 5.91 Å². The average molecular weight is 287 g/mol. The predicted octanol–water partition coefficient (Wildman–Crippen LogP) is 2.35. The summed E-state index contributed by atoms with van der Waals surface area (Å²) >= 11 is 1.30. The molecule has 1 aromatic heterocycles. The summed E-state index contributed by atoms with van der Waals surface area (Å²) in [5.74, 6) is 5.65. The van der Waals surface area contributed by atoms with Gasteiger partial charge in [0.1, 0.15) is 17.2 Å². The number of carbonyl (C=O) groups is 1. The maximum absolute atomic E-state index is 12.2. The van der Waals surface area contributed by atoms with Crippen molar-refractivity contribution in [2.24, 2.45) is 0 Å². The van der Waals surface area contributed by atoms with E-state index in [4.69, 9.17) is 9.84 Å². The molecular formula is C15H13NO3S. The molecule has 0 unspecified atom stereocenters. The summed E-state index contributed by atoms with van der Waals surface area (Å²) in [6, 6.07) is 8.95. The molecule has 0 atom stereocenters. The smallest absolute Gasteiger partial charge is 0.267 e. The molecule has 0 saturated heterocycles. The molecule has 5 heteroatoms. The number of hydrogen-bond acceptors (Lipinski definition) is 4. The minimum Gasteiger partial charge on any atom is -0.495 e. The summed E-state index contributed by atoms with van der Waals surface area (Å²) in [5.41, 5.74) is 1.21. The Labute approximate surface area is 121 Å². The highest BCUT2D eigenvalue weighted by atomic mass is 32.1. The van der Waals surface area contributed by atoms with E-state index in [-0.39, 0.29) is 12.5 Å². The van der Waals surface area contributed by atoms with Crippen LogP contribution in [0.5, 0.6) is 5.75 Å². The van der Waals surface area contributed by atoms with Crippen LogP contribution < -0.4 is 10.1 Å². The van der Waals surface area contributed by atoms with Gasteiger partial charge in [-0.2, -0.15) is 0 Å². The van der Waals surface area contributed by atoms with Crippen LogP contribution in [0.2, 0.25) is 0 Å². The van der Waals surface area contributed by atoms with E-state index in [1.54, 1.807) is 30.7 Å². The Morgan fingerprint density at radius 1 is 1.40 bits per heavy atom. The Hall–Kier alpha value is -2.29. The van der Waals surface area contributed by atoms with Crippen LogP contribution in [0.1, 0.15) is 15.2 Å². The highest BCUT2D eigenvalue weighted by Crippen LogP contribution is 2.25. The zero-order valence-electron chi connectivity index (χ0n) is 10.8. The monoisotopic (exact) mass is 287 g/mol. The van der Waals surface area contributed by atoms with Gasteiger partial charge in [-0.15, -0.1) is 11.3 Å². The average Bonchev–Trinajstić information content (AvgIpc) is 2.94. The van der Waals surface area contributed by atoms with E-state index in [1.807, 2.05) is 12.1 Å². The molecule has 1 amide bonds. The number of nitrogens with one attached hydrogen (secondary N) is 1. The van der Waals surface area contributed by atoms with E-state index < -0.39 is 0 Å². The Morgan fingerprint density at radius 3 is 2.95 bits per heavy atom. The summed E-state index contributed by atoms with van der Waals surface area (Å²) in [4.78, 5) is 12.8. The highest BCUT2D eigenvalue weighted by Gasteiger charge is 2.13. The van der Waals surface area contributed by atoms with E-state index in [9.17, 15) is 4.79 Å². The number of thiophene rings is 1. The second-order valence-electron chi connectivity index (χ2n) is 3.78.